The molecule has 4 rings (SSSR count). The zero-order chi connectivity index (χ0) is 28.8. The number of carbonyl (C=O) groups is 3. The van der Waals surface area contributed by atoms with Crippen LogP contribution in [0.25, 0.3) is 11.3 Å². The van der Waals surface area contributed by atoms with E-state index in [1.54, 1.807) is 11.8 Å². The first-order valence-electron chi connectivity index (χ1n) is 13.1. The molecule has 1 aliphatic heterocycles. The fourth-order valence-electron chi connectivity index (χ4n) is 4.69. The largest absolute Gasteiger partial charge is 0.481 e. The molecule has 3 aromatic carbocycles. The predicted molar refractivity (Wildman–Crippen MR) is 163 cm³/mol. The lowest BCUT2D eigenvalue weighted by atomic mass is 9.97. The van der Waals surface area contributed by atoms with Gasteiger partial charge in [0.15, 0.2) is 0 Å². The summed E-state index contributed by atoms with van der Waals surface area (Å²) in [6, 6.07) is 20.8. The highest BCUT2D eigenvalue weighted by molar-refractivity contribution is 9.10. The molecule has 1 heterocycles. The zero-order valence-electron chi connectivity index (χ0n) is 22.8. The second-order valence-corrected chi connectivity index (χ2v) is 10.9. The molecule has 3 N–H and O–H groups in total. The molecule has 8 nitrogen and oxygen atoms in total. The lowest BCUT2D eigenvalue weighted by Crippen LogP contribution is -2.31. The van der Waals surface area contributed by atoms with Gasteiger partial charge in [-0.2, -0.15) is 0 Å². The Kier molecular flexibility index (Phi) is 9.39. The molecule has 1 aliphatic rings. The second kappa shape index (κ2) is 12.9. The molecule has 2 amide bonds. The van der Waals surface area contributed by atoms with E-state index in [2.05, 4.69) is 31.5 Å². The minimum atomic E-state index is -0.863. The van der Waals surface area contributed by atoms with Crippen molar-refractivity contribution < 1.29 is 19.5 Å². The molecule has 0 atom stereocenters. The van der Waals surface area contributed by atoms with Crippen LogP contribution in [0.2, 0.25) is 0 Å². The van der Waals surface area contributed by atoms with Crippen molar-refractivity contribution in [3.05, 3.63) is 87.9 Å². The Bertz CT molecular complexity index is 1450. The maximum Gasteiger partial charge on any atom is 0.303 e. The lowest BCUT2D eigenvalue weighted by molar-refractivity contribution is -0.137. The van der Waals surface area contributed by atoms with Crippen molar-refractivity contribution in [2.24, 2.45) is 0 Å². The van der Waals surface area contributed by atoms with Gasteiger partial charge in [0.25, 0.3) is 5.91 Å². The van der Waals surface area contributed by atoms with Gasteiger partial charge in [-0.25, -0.2) is 0 Å². The smallest absolute Gasteiger partial charge is 0.303 e. The van der Waals surface area contributed by atoms with Crippen LogP contribution in [0.4, 0.5) is 17.1 Å². The Balaban J connectivity index is 1.71. The first-order chi connectivity index (χ1) is 19.1. The van der Waals surface area contributed by atoms with Gasteiger partial charge >= 0.3 is 5.97 Å². The standard InChI is InChI=1S/C31H33BrN4O4/c1-20(37)36(17-5-16-35(2)3)25-12-10-24(11-13-25)33-30(22-7-4-6-21(18-22)8-15-28(38)39)29-26-14-9-23(32)19-27(26)34-31(29)40/h4,6-7,9-14,18-19,33H,5,8,15-17H2,1-3H3,(H,34,40)(H,38,39). The fourth-order valence-corrected chi connectivity index (χ4v) is 5.05. The van der Waals surface area contributed by atoms with E-state index in [0.29, 0.717) is 29.9 Å². The third-order valence-electron chi connectivity index (χ3n) is 6.63. The van der Waals surface area contributed by atoms with Crippen LogP contribution >= 0.6 is 15.9 Å². The molecule has 0 fully saturated rings. The van der Waals surface area contributed by atoms with Crippen molar-refractivity contribution in [2.45, 2.75) is 26.2 Å². The summed E-state index contributed by atoms with van der Waals surface area (Å²) in [5.74, 6) is -1.11. The third kappa shape index (κ3) is 7.16. The van der Waals surface area contributed by atoms with Gasteiger partial charge in [-0.1, -0.05) is 40.2 Å². The molecule has 0 aromatic heterocycles. The van der Waals surface area contributed by atoms with E-state index in [1.807, 2.05) is 80.8 Å². The molecule has 0 spiro atoms. The SMILES string of the molecule is CC(=O)N(CCCN(C)C)c1ccc(NC(=C2C(=O)Nc3cc(Br)ccc32)c2cccc(CCC(=O)O)c2)cc1. The second-order valence-electron chi connectivity index (χ2n) is 9.99. The monoisotopic (exact) mass is 604 g/mol. The Morgan fingerprint density at radius 2 is 1.75 bits per heavy atom. The third-order valence-corrected chi connectivity index (χ3v) is 7.13. The van der Waals surface area contributed by atoms with Crippen LogP contribution in [-0.2, 0) is 20.8 Å². The predicted octanol–water partition coefficient (Wildman–Crippen LogP) is 5.70. The molecular weight excluding hydrogens is 572 g/mol. The number of rotatable bonds is 11. The number of hydrogen-bond acceptors (Lipinski definition) is 5. The molecule has 0 aliphatic carbocycles. The van der Waals surface area contributed by atoms with Crippen LogP contribution < -0.4 is 15.5 Å². The van der Waals surface area contributed by atoms with E-state index in [1.165, 1.54) is 0 Å². The van der Waals surface area contributed by atoms with Crippen molar-refractivity contribution in [1.29, 1.82) is 0 Å². The van der Waals surface area contributed by atoms with Crippen molar-refractivity contribution in [2.75, 3.05) is 42.7 Å². The highest BCUT2D eigenvalue weighted by Crippen LogP contribution is 2.39. The van der Waals surface area contributed by atoms with Gasteiger partial charge in [0.2, 0.25) is 5.91 Å². The minimum Gasteiger partial charge on any atom is -0.481 e. The van der Waals surface area contributed by atoms with Crippen molar-refractivity contribution in [1.82, 2.24) is 4.90 Å². The molecule has 9 heteroatoms. The van der Waals surface area contributed by atoms with Gasteiger partial charge in [0.05, 0.1) is 17.0 Å². The average Bonchev–Trinajstić information content (AvgIpc) is 3.23. The summed E-state index contributed by atoms with van der Waals surface area (Å²) < 4.78 is 0.856. The summed E-state index contributed by atoms with van der Waals surface area (Å²) in [6.07, 6.45) is 1.25. The fraction of sp³-hybridized carbons (Fsp3) is 0.258. The van der Waals surface area contributed by atoms with Crippen LogP contribution in [0.15, 0.2) is 71.2 Å². The first kappa shape index (κ1) is 29.0. The number of amides is 2. The lowest BCUT2D eigenvalue weighted by Gasteiger charge is -2.23. The minimum absolute atomic E-state index is 0.0167. The highest BCUT2D eigenvalue weighted by atomic mass is 79.9. The van der Waals surface area contributed by atoms with Gasteiger partial charge in [-0.3, -0.25) is 14.4 Å². The molecule has 208 valence electrons. The molecule has 0 radical (unpaired) electrons. The maximum absolute atomic E-state index is 13.3. The summed E-state index contributed by atoms with van der Waals surface area (Å²) in [6.45, 7) is 3.06. The van der Waals surface area contributed by atoms with Crippen molar-refractivity contribution in [3.63, 3.8) is 0 Å². The Hall–Kier alpha value is -3.95. The van der Waals surface area contributed by atoms with Crippen LogP contribution in [-0.4, -0.2) is 55.0 Å². The van der Waals surface area contributed by atoms with Gasteiger partial charge in [-0.15, -0.1) is 0 Å². The van der Waals surface area contributed by atoms with E-state index < -0.39 is 5.97 Å². The van der Waals surface area contributed by atoms with Crippen LogP contribution in [0, 0.1) is 0 Å². The molecule has 0 bridgehead atoms. The van der Waals surface area contributed by atoms with Crippen LogP contribution in [0.5, 0.6) is 0 Å². The number of hydrogen-bond donors (Lipinski definition) is 3. The van der Waals surface area contributed by atoms with Gasteiger partial charge in [-0.05, 0) is 87.1 Å². The van der Waals surface area contributed by atoms with Gasteiger partial charge < -0.3 is 25.5 Å². The summed E-state index contributed by atoms with van der Waals surface area (Å²) in [7, 11) is 4.02. The average molecular weight is 606 g/mol. The zero-order valence-corrected chi connectivity index (χ0v) is 24.4. The topological polar surface area (TPSA) is 102 Å². The van der Waals surface area contributed by atoms with Gasteiger partial charge in [0.1, 0.15) is 0 Å². The van der Waals surface area contributed by atoms with E-state index in [0.717, 1.165) is 45.5 Å². The molecular formula is C31H33BrN4O4. The maximum atomic E-state index is 13.3. The number of aliphatic carboxylic acids is 1. The number of carboxylic acid groups (broad SMARTS) is 1. The summed E-state index contributed by atoms with van der Waals surface area (Å²) in [4.78, 5) is 40.6. The number of carbonyl (C=O) groups excluding carboxylic acids is 2. The van der Waals surface area contributed by atoms with E-state index in [4.69, 9.17) is 5.11 Å². The summed E-state index contributed by atoms with van der Waals surface area (Å²) >= 11 is 3.47. The number of nitrogens with one attached hydrogen (secondary N) is 2. The molecule has 3 aromatic rings. The van der Waals surface area contributed by atoms with Crippen LogP contribution in [0.3, 0.4) is 0 Å². The molecule has 0 saturated heterocycles. The van der Waals surface area contributed by atoms with Crippen LogP contribution in [0.1, 0.15) is 36.5 Å². The van der Waals surface area contributed by atoms with E-state index >= 15 is 0 Å². The molecule has 0 unspecified atom stereocenters. The normalized spacial score (nSPS) is 13.6. The molecule has 0 saturated carbocycles. The quantitative estimate of drug-likeness (QED) is 0.243. The Morgan fingerprint density at radius 1 is 1.00 bits per heavy atom. The highest BCUT2D eigenvalue weighted by Gasteiger charge is 2.28. The number of benzene rings is 3. The number of nitrogens with zero attached hydrogens (tertiary/aromatic N) is 2. The van der Waals surface area contributed by atoms with Crippen molar-refractivity contribution in [3.8, 4) is 0 Å². The number of anilines is 3. The first-order valence-corrected chi connectivity index (χ1v) is 13.9. The number of halogens is 1. The summed E-state index contributed by atoms with van der Waals surface area (Å²) in [5.41, 5.74) is 5.76. The summed E-state index contributed by atoms with van der Waals surface area (Å²) in [5, 5.41) is 15.5. The van der Waals surface area contributed by atoms with E-state index in [-0.39, 0.29) is 18.2 Å². The van der Waals surface area contributed by atoms with Crippen molar-refractivity contribution >= 4 is 62.0 Å². The number of fused-ring (bicyclic) bond motifs is 1. The number of aryl methyl sites for hydroxylation is 1. The van der Waals surface area contributed by atoms with Gasteiger partial charge in [0, 0.05) is 41.3 Å². The molecule has 40 heavy (non-hydrogen) atoms. The van der Waals surface area contributed by atoms with E-state index in [9.17, 15) is 14.4 Å². The Morgan fingerprint density at radius 3 is 2.42 bits per heavy atom. The Labute approximate surface area is 242 Å². The number of carboxylic acids is 1.